The first-order valence-electron chi connectivity index (χ1n) is 9.77. The molecule has 0 spiro atoms. The summed E-state index contributed by atoms with van der Waals surface area (Å²) in [4.78, 5) is 38.5. The molecule has 1 fully saturated rings. The van der Waals surface area contributed by atoms with E-state index in [1.54, 1.807) is 24.5 Å². The molecule has 0 saturated carbocycles. The van der Waals surface area contributed by atoms with E-state index >= 15 is 0 Å². The highest BCUT2D eigenvalue weighted by Crippen LogP contribution is 2.34. The van der Waals surface area contributed by atoms with Crippen LogP contribution in [-0.2, 0) is 29.0 Å². The third-order valence-corrected chi connectivity index (χ3v) is 6.65. The van der Waals surface area contributed by atoms with Gasteiger partial charge in [-0.3, -0.25) is 14.6 Å². The smallest absolute Gasteiger partial charge is 0.223 e. The summed E-state index contributed by atoms with van der Waals surface area (Å²) in [7, 11) is 0. The first kappa shape index (κ1) is 18.9. The van der Waals surface area contributed by atoms with Crippen LogP contribution in [0.2, 0.25) is 0 Å². The van der Waals surface area contributed by atoms with Gasteiger partial charge in [-0.2, -0.15) is 0 Å². The first-order valence-corrected chi connectivity index (χ1v) is 10.6. The fourth-order valence-corrected chi connectivity index (χ4v) is 5.00. The molecule has 0 aromatic carbocycles. The number of carbonyl (C=O) groups is 2. The zero-order valence-electron chi connectivity index (χ0n) is 16.1. The minimum Gasteiger partial charge on any atom is -0.350 e. The van der Waals surface area contributed by atoms with E-state index in [9.17, 15) is 9.59 Å². The van der Waals surface area contributed by atoms with Crippen LogP contribution in [0.15, 0.2) is 24.4 Å². The van der Waals surface area contributed by atoms with Crippen molar-refractivity contribution in [3.63, 3.8) is 0 Å². The molecular formula is C20H25N5O2S. The molecule has 1 aliphatic heterocycles. The third-order valence-electron chi connectivity index (χ3n) is 5.46. The van der Waals surface area contributed by atoms with Crippen LogP contribution in [0.3, 0.4) is 0 Å². The molecule has 148 valence electrons. The highest BCUT2D eigenvalue weighted by Gasteiger charge is 2.29. The van der Waals surface area contributed by atoms with E-state index in [1.165, 1.54) is 4.88 Å². The number of aryl methyl sites for hydroxylation is 1. The second kappa shape index (κ2) is 8.26. The highest BCUT2D eigenvalue weighted by atomic mass is 32.1. The Morgan fingerprint density at radius 2 is 2.07 bits per heavy atom. The van der Waals surface area contributed by atoms with Gasteiger partial charge in [-0.15, -0.1) is 11.3 Å². The number of nitrogens with zero attached hydrogens (tertiary/aromatic N) is 4. The van der Waals surface area contributed by atoms with Crippen LogP contribution in [0.5, 0.6) is 0 Å². The topological polar surface area (TPSA) is 78.4 Å². The van der Waals surface area contributed by atoms with Crippen LogP contribution in [0.1, 0.15) is 29.6 Å². The number of piperazine rings is 1. The molecule has 1 N–H and O–H groups in total. The van der Waals surface area contributed by atoms with Crippen molar-refractivity contribution in [3.8, 4) is 0 Å². The summed E-state index contributed by atoms with van der Waals surface area (Å²) >= 11 is 1.71. The van der Waals surface area contributed by atoms with Gasteiger partial charge < -0.3 is 15.1 Å². The van der Waals surface area contributed by atoms with E-state index < -0.39 is 0 Å². The third kappa shape index (κ3) is 4.16. The maximum absolute atomic E-state index is 12.6. The standard InChI is InChI=1S/C20H25N5O2S/c1-14(26)24-8-10-25(11-9-24)20-23-17-6-5-15(12-18(17)28-20)19(27)22-13-16-4-2-3-7-21-16/h2-4,7,15H,5-6,8-13H2,1H3,(H,22,27)/t15-/m0/s1. The van der Waals surface area contributed by atoms with E-state index in [0.29, 0.717) is 6.54 Å². The predicted octanol–water partition coefficient (Wildman–Crippen LogP) is 1.63. The maximum atomic E-state index is 12.6. The quantitative estimate of drug-likeness (QED) is 0.845. The van der Waals surface area contributed by atoms with Crippen LogP contribution >= 0.6 is 11.3 Å². The Hall–Kier alpha value is -2.48. The summed E-state index contributed by atoms with van der Waals surface area (Å²) in [5.74, 6) is 0.234. The molecule has 28 heavy (non-hydrogen) atoms. The van der Waals surface area contributed by atoms with Gasteiger partial charge in [0, 0.05) is 50.1 Å². The number of carbonyl (C=O) groups excluding carboxylic acids is 2. The van der Waals surface area contributed by atoms with Crippen molar-refractivity contribution in [2.45, 2.75) is 32.7 Å². The summed E-state index contributed by atoms with van der Waals surface area (Å²) in [6.45, 7) is 5.23. The summed E-state index contributed by atoms with van der Waals surface area (Å²) in [5.41, 5.74) is 2.01. The van der Waals surface area contributed by atoms with Gasteiger partial charge in [0.15, 0.2) is 5.13 Å². The Bertz CT molecular complexity index is 846. The van der Waals surface area contributed by atoms with Crippen LogP contribution in [0, 0.1) is 5.92 Å². The summed E-state index contributed by atoms with van der Waals surface area (Å²) in [5, 5.41) is 4.05. The fourth-order valence-electron chi connectivity index (χ4n) is 3.76. The van der Waals surface area contributed by atoms with Crippen molar-refractivity contribution < 1.29 is 9.59 Å². The van der Waals surface area contributed by atoms with Crippen molar-refractivity contribution in [2.75, 3.05) is 31.1 Å². The molecule has 7 nitrogen and oxygen atoms in total. The molecular weight excluding hydrogens is 374 g/mol. The van der Waals surface area contributed by atoms with Gasteiger partial charge in [0.1, 0.15) is 0 Å². The summed E-state index contributed by atoms with van der Waals surface area (Å²) in [6, 6.07) is 5.71. The average Bonchev–Trinajstić information content (AvgIpc) is 3.16. The highest BCUT2D eigenvalue weighted by molar-refractivity contribution is 7.15. The number of anilines is 1. The number of hydrogen-bond acceptors (Lipinski definition) is 6. The molecule has 2 aromatic rings. The largest absolute Gasteiger partial charge is 0.350 e. The molecule has 2 aliphatic rings. The zero-order chi connectivity index (χ0) is 19.5. The molecule has 0 unspecified atom stereocenters. The second-order valence-corrected chi connectivity index (χ2v) is 8.40. The molecule has 1 saturated heterocycles. The lowest BCUT2D eigenvalue weighted by molar-refractivity contribution is -0.129. The molecule has 1 aliphatic carbocycles. The Morgan fingerprint density at radius 3 is 2.79 bits per heavy atom. The summed E-state index contributed by atoms with van der Waals surface area (Å²) < 4.78 is 0. The van der Waals surface area contributed by atoms with Crippen LogP contribution in [0.25, 0.3) is 0 Å². The van der Waals surface area contributed by atoms with Crippen molar-refractivity contribution in [2.24, 2.45) is 5.92 Å². The molecule has 1 atom stereocenters. The zero-order valence-corrected chi connectivity index (χ0v) is 16.9. The van der Waals surface area contributed by atoms with Gasteiger partial charge in [0.05, 0.1) is 17.9 Å². The van der Waals surface area contributed by atoms with Crippen LogP contribution in [0.4, 0.5) is 5.13 Å². The van der Waals surface area contributed by atoms with E-state index in [1.807, 2.05) is 23.1 Å². The molecule has 8 heteroatoms. The van der Waals surface area contributed by atoms with Gasteiger partial charge in [-0.05, 0) is 31.4 Å². The SMILES string of the molecule is CC(=O)N1CCN(c2nc3c(s2)C[C@@H](C(=O)NCc2ccccn2)CC3)CC1. The molecule has 0 bridgehead atoms. The fraction of sp³-hybridized carbons (Fsp3) is 0.500. The summed E-state index contributed by atoms with van der Waals surface area (Å²) in [6.07, 6.45) is 4.18. The normalized spacial score (nSPS) is 19.2. The van der Waals surface area contributed by atoms with Crippen LogP contribution in [-0.4, -0.2) is 52.9 Å². The van der Waals surface area contributed by atoms with Crippen LogP contribution < -0.4 is 10.2 Å². The molecule has 0 radical (unpaired) electrons. The van der Waals surface area contributed by atoms with Gasteiger partial charge >= 0.3 is 0 Å². The van der Waals surface area contributed by atoms with E-state index in [0.717, 1.165) is 62.0 Å². The second-order valence-electron chi connectivity index (χ2n) is 7.34. The number of hydrogen-bond donors (Lipinski definition) is 1. The number of pyridine rings is 1. The minimum atomic E-state index is -0.000859. The molecule has 3 heterocycles. The number of thiazole rings is 1. The predicted molar refractivity (Wildman–Crippen MR) is 108 cm³/mol. The van der Waals surface area contributed by atoms with E-state index in [4.69, 9.17) is 4.98 Å². The lowest BCUT2D eigenvalue weighted by Gasteiger charge is -2.33. The van der Waals surface area contributed by atoms with Gasteiger partial charge in [-0.1, -0.05) is 6.07 Å². The monoisotopic (exact) mass is 399 g/mol. The van der Waals surface area contributed by atoms with Crippen molar-refractivity contribution in [3.05, 3.63) is 40.7 Å². The lowest BCUT2D eigenvalue weighted by Crippen LogP contribution is -2.48. The number of rotatable bonds is 4. The van der Waals surface area contributed by atoms with E-state index in [2.05, 4.69) is 15.2 Å². The van der Waals surface area contributed by atoms with Gasteiger partial charge in [0.25, 0.3) is 0 Å². The Balaban J connectivity index is 1.34. The Morgan fingerprint density at radius 1 is 1.25 bits per heavy atom. The molecule has 2 amide bonds. The minimum absolute atomic E-state index is 0.000859. The molecule has 2 aromatic heterocycles. The number of nitrogens with one attached hydrogen (secondary N) is 1. The van der Waals surface area contributed by atoms with Crippen molar-refractivity contribution in [1.82, 2.24) is 20.2 Å². The average molecular weight is 400 g/mol. The maximum Gasteiger partial charge on any atom is 0.223 e. The number of amides is 2. The lowest BCUT2D eigenvalue weighted by atomic mass is 9.90. The number of aromatic nitrogens is 2. The Labute approximate surface area is 168 Å². The first-order chi connectivity index (χ1) is 13.6. The van der Waals surface area contributed by atoms with Crippen molar-refractivity contribution in [1.29, 1.82) is 0 Å². The number of fused-ring (bicyclic) bond motifs is 1. The van der Waals surface area contributed by atoms with Gasteiger partial charge in [-0.25, -0.2) is 4.98 Å². The van der Waals surface area contributed by atoms with Crippen molar-refractivity contribution >= 4 is 28.3 Å². The van der Waals surface area contributed by atoms with Gasteiger partial charge in [0.2, 0.25) is 11.8 Å². The van der Waals surface area contributed by atoms with E-state index in [-0.39, 0.29) is 17.7 Å². The molecule has 4 rings (SSSR count). The Kier molecular flexibility index (Phi) is 5.57.